The number of aromatic nitrogens is 1. The number of rotatable bonds is 3. The molecule has 3 aromatic rings. The fourth-order valence-corrected chi connectivity index (χ4v) is 5.30. The molecule has 1 amide bonds. The quantitative estimate of drug-likeness (QED) is 0.630. The molecule has 5 rings (SSSR count). The predicted octanol–water partition coefficient (Wildman–Crippen LogP) is 3.90. The van der Waals surface area contributed by atoms with Gasteiger partial charge in [-0.05, 0) is 17.2 Å². The summed E-state index contributed by atoms with van der Waals surface area (Å²) in [5, 5.41) is 5.75. The molecule has 0 spiro atoms. The van der Waals surface area contributed by atoms with Gasteiger partial charge in [0.1, 0.15) is 11.6 Å². The number of carbonyl (C=O) groups is 1. The summed E-state index contributed by atoms with van der Waals surface area (Å²) in [7, 11) is 1.45. The summed E-state index contributed by atoms with van der Waals surface area (Å²) < 4.78 is 30.3. The molecule has 1 saturated heterocycles. The lowest BCUT2D eigenvalue weighted by Gasteiger charge is -2.45. The maximum atomic E-state index is 15.2. The van der Waals surface area contributed by atoms with Crippen LogP contribution in [0.1, 0.15) is 21.5 Å². The first-order valence-electron chi connectivity index (χ1n) is 10.4. The van der Waals surface area contributed by atoms with Crippen LogP contribution in [0.3, 0.4) is 0 Å². The largest absolute Gasteiger partial charge is 0.359 e. The number of hydrogen-bond acceptors (Lipinski definition) is 4. The van der Waals surface area contributed by atoms with Crippen LogP contribution in [-0.4, -0.2) is 37.6 Å². The van der Waals surface area contributed by atoms with Crippen LogP contribution in [0.2, 0.25) is 5.02 Å². The minimum Gasteiger partial charge on any atom is -0.359 e. The standard InChI is InChI=1S/C24H21ClF2N4O/c1-28-23(32)16-11-30-12-18(27)20(16)21-15-10-24(14-5-3-2-4-6-14)13-29-7-8-31(24)19(15)9-17(26)22(21)25/h2-6,9,11-12,29H,7-8,10,13H2,1H3,(H,28,32). The van der Waals surface area contributed by atoms with Crippen LogP contribution in [-0.2, 0) is 12.0 Å². The minimum absolute atomic E-state index is 0.0129. The van der Waals surface area contributed by atoms with Crippen molar-refractivity contribution in [2.75, 3.05) is 31.6 Å². The van der Waals surface area contributed by atoms with Crippen molar-refractivity contribution < 1.29 is 13.6 Å². The average Bonchev–Trinajstić information content (AvgIpc) is 3.15. The molecule has 2 N–H and O–H groups in total. The predicted molar refractivity (Wildman–Crippen MR) is 120 cm³/mol. The summed E-state index contributed by atoms with van der Waals surface area (Å²) in [6.45, 7) is 2.04. The number of nitrogens with zero attached hydrogens (tertiary/aromatic N) is 2. The van der Waals surface area contributed by atoms with Gasteiger partial charge in [-0.3, -0.25) is 9.78 Å². The molecule has 1 aromatic heterocycles. The monoisotopic (exact) mass is 454 g/mol. The fraction of sp³-hybridized carbons (Fsp3) is 0.250. The second-order valence-corrected chi connectivity index (χ2v) is 8.45. The van der Waals surface area contributed by atoms with Gasteiger partial charge in [-0.2, -0.15) is 0 Å². The highest BCUT2D eigenvalue weighted by atomic mass is 35.5. The van der Waals surface area contributed by atoms with Gasteiger partial charge >= 0.3 is 0 Å². The summed E-state index contributed by atoms with van der Waals surface area (Å²) in [5.41, 5.74) is 2.20. The number of carbonyl (C=O) groups excluding carboxylic acids is 1. The third-order valence-corrected chi connectivity index (χ3v) is 6.81. The van der Waals surface area contributed by atoms with Crippen molar-refractivity contribution >= 4 is 23.2 Å². The molecule has 0 saturated carbocycles. The van der Waals surface area contributed by atoms with E-state index in [1.807, 2.05) is 30.3 Å². The topological polar surface area (TPSA) is 57.3 Å². The molecule has 0 radical (unpaired) electrons. The van der Waals surface area contributed by atoms with E-state index in [-0.39, 0.29) is 21.7 Å². The number of nitrogens with one attached hydrogen (secondary N) is 2. The van der Waals surface area contributed by atoms with Crippen molar-refractivity contribution in [3.05, 3.63) is 82.1 Å². The highest BCUT2D eigenvalue weighted by Gasteiger charge is 2.48. The zero-order valence-electron chi connectivity index (χ0n) is 17.4. The molecule has 0 bridgehead atoms. The number of hydrogen-bond donors (Lipinski definition) is 2. The Balaban J connectivity index is 1.80. The summed E-state index contributed by atoms with van der Waals surface area (Å²) >= 11 is 6.46. The van der Waals surface area contributed by atoms with Crippen molar-refractivity contribution in [2.24, 2.45) is 0 Å². The third kappa shape index (κ3) is 2.99. The van der Waals surface area contributed by atoms with E-state index in [0.717, 1.165) is 23.9 Å². The van der Waals surface area contributed by atoms with E-state index in [9.17, 15) is 4.79 Å². The van der Waals surface area contributed by atoms with Crippen LogP contribution in [0.25, 0.3) is 11.1 Å². The Morgan fingerprint density at radius 2 is 1.97 bits per heavy atom. The number of benzene rings is 2. The van der Waals surface area contributed by atoms with Gasteiger partial charge in [0, 0.05) is 56.1 Å². The number of amides is 1. The highest BCUT2D eigenvalue weighted by Crippen LogP contribution is 2.52. The van der Waals surface area contributed by atoms with Gasteiger partial charge in [0.25, 0.3) is 5.91 Å². The molecule has 164 valence electrons. The van der Waals surface area contributed by atoms with E-state index in [2.05, 4.69) is 20.5 Å². The first-order valence-corrected chi connectivity index (χ1v) is 10.8. The first-order chi connectivity index (χ1) is 15.5. The molecule has 0 aliphatic carbocycles. The summed E-state index contributed by atoms with van der Waals surface area (Å²) in [6.07, 6.45) is 2.79. The van der Waals surface area contributed by atoms with Gasteiger partial charge in [-0.1, -0.05) is 41.9 Å². The van der Waals surface area contributed by atoms with Crippen LogP contribution >= 0.6 is 11.6 Å². The molecule has 2 aliphatic rings. The van der Waals surface area contributed by atoms with Gasteiger partial charge in [-0.15, -0.1) is 0 Å². The van der Waals surface area contributed by atoms with E-state index < -0.39 is 23.1 Å². The van der Waals surface area contributed by atoms with Crippen LogP contribution in [0, 0.1) is 11.6 Å². The number of fused-ring (bicyclic) bond motifs is 3. The SMILES string of the molecule is CNC(=O)c1cncc(F)c1-c1c(Cl)c(F)cc2c1CC1(c3ccccc3)CNCCN21. The third-order valence-electron chi connectivity index (χ3n) is 6.44. The van der Waals surface area contributed by atoms with Crippen molar-refractivity contribution in [1.29, 1.82) is 0 Å². The second-order valence-electron chi connectivity index (χ2n) is 8.07. The Labute approximate surface area is 189 Å². The molecule has 1 fully saturated rings. The molecule has 3 heterocycles. The van der Waals surface area contributed by atoms with Crippen LogP contribution in [0.5, 0.6) is 0 Å². The minimum atomic E-state index is -0.724. The van der Waals surface area contributed by atoms with Crippen LogP contribution in [0.4, 0.5) is 14.5 Å². The van der Waals surface area contributed by atoms with E-state index in [1.54, 1.807) is 0 Å². The maximum absolute atomic E-state index is 15.2. The van der Waals surface area contributed by atoms with E-state index in [0.29, 0.717) is 25.2 Å². The zero-order valence-corrected chi connectivity index (χ0v) is 18.1. The van der Waals surface area contributed by atoms with Crippen molar-refractivity contribution in [1.82, 2.24) is 15.6 Å². The summed E-state index contributed by atoms with van der Waals surface area (Å²) in [4.78, 5) is 18.5. The van der Waals surface area contributed by atoms with Gasteiger partial charge in [0.15, 0.2) is 0 Å². The molecule has 5 nitrogen and oxygen atoms in total. The van der Waals surface area contributed by atoms with Crippen LogP contribution < -0.4 is 15.5 Å². The Morgan fingerprint density at radius 1 is 1.19 bits per heavy atom. The molecular weight excluding hydrogens is 434 g/mol. The number of pyridine rings is 1. The molecule has 32 heavy (non-hydrogen) atoms. The van der Waals surface area contributed by atoms with E-state index >= 15 is 8.78 Å². The lowest BCUT2D eigenvalue weighted by atomic mass is 9.83. The average molecular weight is 455 g/mol. The maximum Gasteiger partial charge on any atom is 0.253 e. The number of anilines is 1. The van der Waals surface area contributed by atoms with Crippen molar-refractivity contribution in [3.63, 3.8) is 0 Å². The summed E-state index contributed by atoms with van der Waals surface area (Å²) in [6, 6.07) is 11.4. The molecule has 8 heteroatoms. The number of piperazine rings is 1. The number of halogens is 3. The lowest BCUT2D eigenvalue weighted by molar-refractivity contribution is 0.0963. The van der Waals surface area contributed by atoms with Gasteiger partial charge in [-0.25, -0.2) is 8.78 Å². The van der Waals surface area contributed by atoms with E-state index in [4.69, 9.17) is 11.6 Å². The molecular formula is C24H21ClF2N4O. The fourth-order valence-electron chi connectivity index (χ4n) is 5.03. The smallest absolute Gasteiger partial charge is 0.253 e. The van der Waals surface area contributed by atoms with Crippen molar-refractivity contribution in [3.8, 4) is 11.1 Å². The van der Waals surface area contributed by atoms with Crippen molar-refractivity contribution in [2.45, 2.75) is 12.0 Å². The van der Waals surface area contributed by atoms with Crippen LogP contribution in [0.15, 0.2) is 48.8 Å². The molecule has 1 unspecified atom stereocenters. The van der Waals surface area contributed by atoms with Gasteiger partial charge in [0.05, 0.1) is 22.3 Å². The Kier molecular flexibility index (Phi) is 5.10. The Bertz CT molecular complexity index is 1220. The summed E-state index contributed by atoms with van der Waals surface area (Å²) in [5.74, 6) is -1.89. The van der Waals surface area contributed by atoms with E-state index in [1.165, 1.54) is 19.3 Å². The molecule has 2 aromatic carbocycles. The molecule has 1 atom stereocenters. The zero-order chi connectivity index (χ0) is 22.5. The Hall–Kier alpha value is -3.03. The normalized spacial score (nSPS) is 19.4. The lowest BCUT2D eigenvalue weighted by Crippen LogP contribution is -2.57. The second kappa shape index (κ2) is 7.83. The molecule has 2 aliphatic heterocycles. The van der Waals surface area contributed by atoms with Gasteiger partial charge < -0.3 is 15.5 Å². The highest BCUT2D eigenvalue weighted by molar-refractivity contribution is 6.34. The first kappa shape index (κ1) is 20.8. The Morgan fingerprint density at radius 3 is 2.72 bits per heavy atom. The van der Waals surface area contributed by atoms with Gasteiger partial charge in [0.2, 0.25) is 0 Å².